The molecule has 0 saturated heterocycles. The van der Waals surface area contributed by atoms with E-state index in [-0.39, 0.29) is 11.8 Å². The number of carbonyl (C=O) groups excluding carboxylic acids is 1. The van der Waals surface area contributed by atoms with Gasteiger partial charge < -0.3 is 10.7 Å². The van der Waals surface area contributed by atoms with Crippen molar-refractivity contribution in [2.24, 2.45) is 5.92 Å². The van der Waals surface area contributed by atoms with Crippen LogP contribution in [0.4, 0.5) is 0 Å². The van der Waals surface area contributed by atoms with Crippen LogP contribution in [0.2, 0.25) is 0 Å². The van der Waals surface area contributed by atoms with Gasteiger partial charge in [-0.1, -0.05) is 0 Å². The van der Waals surface area contributed by atoms with E-state index in [4.69, 9.17) is 5.41 Å². The van der Waals surface area contributed by atoms with Crippen molar-refractivity contribution in [2.45, 2.75) is 25.7 Å². The van der Waals surface area contributed by atoms with Crippen LogP contribution in [0, 0.1) is 11.3 Å². The van der Waals surface area contributed by atoms with E-state index in [9.17, 15) is 4.79 Å². The molecule has 0 aliphatic heterocycles. The molecule has 11 heavy (non-hydrogen) atoms. The maximum atomic E-state index is 11.1. The number of amides is 1. The van der Waals surface area contributed by atoms with Gasteiger partial charge in [0.15, 0.2) is 0 Å². The summed E-state index contributed by atoms with van der Waals surface area (Å²) < 4.78 is 0. The quantitative estimate of drug-likeness (QED) is 0.580. The molecular weight excluding hydrogens is 140 g/mol. The molecule has 1 rings (SSSR count). The molecule has 0 bridgehead atoms. The Bertz CT molecular complexity index is 167. The molecule has 2 N–H and O–H groups in total. The lowest BCUT2D eigenvalue weighted by Gasteiger charge is -2.20. The number of hydrogen-bond donors (Lipinski definition) is 2. The van der Waals surface area contributed by atoms with E-state index in [2.05, 4.69) is 5.32 Å². The molecule has 1 aliphatic carbocycles. The number of rotatable bonds is 1. The van der Waals surface area contributed by atoms with Crippen molar-refractivity contribution in [3.63, 3.8) is 0 Å². The Kier molecular flexibility index (Phi) is 2.63. The van der Waals surface area contributed by atoms with Gasteiger partial charge >= 0.3 is 0 Å². The van der Waals surface area contributed by atoms with Gasteiger partial charge in [0.2, 0.25) is 5.91 Å². The molecule has 62 valence electrons. The summed E-state index contributed by atoms with van der Waals surface area (Å²) >= 11 is 0. The summed E-state index contributed by atoms with van der Waals surface area (Å²) in [5, 5.41) is 9.99. The molecule has 1 fully saturated rings. The summed E-state index contributed by atoms with van der Waals surface area (Å²) in [7, 11) is 1.67. The van der Waals surface area contributed by atoms with E-state index in [1.165, 1.54) is 0 Å². The van der Waals surface area contributed by atoms with E-state index in [1.807, 2.05) is 0 Å². The molecule has 0 unspecified atom stereocenters. The fourth-order valence-corrected chi connectivity index (χ4v) is 1.43. The zero-order chi connectivity index (χ0) is 8.27. The topological polar surface area (TPSA) is 53.0 Å². The average molecular weight is 154 g/mol. The number of nitrogens with one attached hydrogen (secondary N) is 2. The second-order valence-corrected chi connectivity index (χ2v) is 2.99. The minimum Gasteiger partial charge on any atom is -0.359 e. The zero-order valence-corrected chi connectivity index (χ0v) is 6.81. The monoisotopic (exact) mass is 154 g/mol. The van der Waals surface area contributed by atoms with Crippen LogP contribution in [0.3, 0.4) is 0 Å². The third kappa shape index (κ3) is 2.03. The van der Waals surface area contributed by atoms with Crippen LogP contribution < -0.4 is 5.32 Å². The maximum absolute atomic E-state index is 11.1. The lowest BCUT2D eigenvalue weighted by atomic mass is 9.87. The summed E-state index contributed by atoms with van der Waals surface area (Å²) in [4.78, 5) is 11.1. The van der Waals surface area contributed by atoms with Crippen LogP contribution in [0.15, 0.2) is 0 Å². The second kappa shape index (κ2) is 3.51. The lowest BCUT2D eigenvalue weighted by Crippen LogP contribution is -2.30. The minimum atomic E-state index is 0.137. The van der Waals surface area contributed by atoms with E-state index < -0.39 is 0 Å². The fraction of sp³-hybridized carbons (Fsp3) is 0.750. The van der Waals surface area contributed by atoms with Gasteiger partial charge in [-0.3, -0.25) is 4.79 Å². The first kappa shape index (κ1) is 8.24. The molecule has 0 radical (unpaired) electrons. The smallest absolute Gasteiger partial charge is 0.222 e. The highest BCUT2D eigenvalue weighted by molar-refractivity contribution is 5.85. The first-order valence-corrected chi connectivity index (χ1v) is 4.02. The van der Waals surface area contributed by atoms with Crippen molar-refractivity contribution in [2.75, 3.05) is 7.05 Å². The van der Waals surface area contributed by atoms with Crippen molar-refractivity contribution in [1.29, 1.82) is 5.41 Å². The lowest BCUT2D eigenvalue weighted by molar-refractivity contribution is -0.124. The van der Waals surface area contributed by atoms with Gasteiger partial charge in [-0.2, -0.15) is 0 Å². The van der Waals surface area contributed by atoms with Crippen LogP contribution in [-0.4, -0.2) is 18.7 Å². The van der Waals surface area contributed by atoms with Crippen molar-refractivity contribution < 1.29 is 4.79 Å². The fourth-order valence-electron chi connectivity index (χ4n) is 1.43. The molecule has 0 aromatic carbocycles. The molecule has 0 heterocycles. The van der Waals surface area contributed by atoms with Gasteiger partial charge in [-0.25, -0.2) is 0 Å². The third-order valence-corrected chi connectivity index (χ3v) is 2.21. The summed E-state index contributed by atoms with van der Waals surface area (Å²) in [6.45, 7) is 0. The van der Waals surface area contributed by atoms with Crippen LogP contribution in [-0.2, 0) is 4.79 Å². The molecule has 1 amide bonds. The van der Waals surface area contributed by atoms with Crippen LogP contribution in [0.5, 0.6) is 0 Å². The molecule has 0 aromatic heterocycles. The van der Waals surface area contributed by atoms with Crippen LogP contribution in [0.1, 0.15) is 25.7 Å². The molecule has 1 aliphatic rings. The number of carbonyl (C=O) groups is 1. The number of hydrogen-bond acceptors (Lipinski definition) is 2. The Balaban J connectivity index is 2.39. The van der Waals surface area contributed by atoms with Gasteiger partial charge in [0.05, 0.1) is 0 Å². The predicted octanol–water partition coefficient (Wildman–Crippen LogP) is 0.942. The Morgan fingerprint density at radius 3 is 2.55 bits per heavy atom. The SMILES string of the molecule is CNC(=O)C1CCC(=N)CC1. The second-order valence-electron chi connectivity index (χ2n) is 2.99. The highest BCUT2D eigenvalue weighted by Gasteiger charge is 2.21. The molecule has 3 heteroatoms. The largest absolute Gasteiger partial charge is 0.359 e. The Labute approximate surface area is 66.7 Å². The predicted molar refractivity (Wildman–Crippen MR) is 43.8 cm³/mol. The first-order valence-electron chi connectivity index (χ1n) is 4.02. The van der Waals surface area contributed by atoms with Crippen LogP contribution in [0.25, 0.3) is 0 Å². The molecule has 0 aromatic rings. The van der Waals surface area contributed by atoms with Gasteiger partial charge in [0.25, 0.3) is 0 Å². The van der Waals surface area contributed by atoms with E-state index in [1.54, 1.807) is 7.05 Å². The van der Waals surface area contributed by atoms with Crippen molar-refractivity contribution in [1.82, 2.24) is 5.32 Å². The normalized spacial score (nSPS) is 24.8. The minimum absolute atomic E-state index is 0.137. The Hall–Kier alpha value is -0.860. The Morgan fingerprint density at radius 2 is 2.09 bits per heavy atom. The first-order chi connectivity index (χ1) is 5.24. The zero-order valence-electron chi connectivity index (χ0n) is 6.81. The van der Waals surface area contributed by atoms with Crippen molar-refractivity contribution >= 4 is 11.6 Å². The average Bonchev–Trinajstić information content (AvgIpc) is 2.05. The summed E-state index contributed by atoms with van der Waals surface area (Å²) in [6, 6.07) is 0. The van der Waals surface area contributed by atoms with Gasteiger partial charge in [-0.05, 0) is 25.7 Å². The van der Waals surface area contributed by atoms with Gasteiger partial charge in [0, 0.05) is 18.7 Å². The molecule has 0 atom stereocenters. The van der Waals surface area contributed by atoms with Crippen molar-refractivity contribution in [3.05, 3.63) is 0 Å². The van der Waals surface area contributed by atoms with Gasteiger partial charge in [0.1, 0.15) is 0 Å². The Morgan fingerprint density at radius 1 is 1.55 bits per heavy atom. The highest BCUT2D eigenvalue weighted by atomic mass is 16.1. The maximum Gasteiger partial charge on any atom is 0.222 e. The van der Waals surface area contributed by atoms with E-state index in [0.29, 0.717) is 0 Å². The summed E-state index contributed by atoms with van der Waals surface area (Å²) in [6.07, 6.45) is 3.33. The van der Waals surface area contributed by atoms with Gasteiger partial charge in [-0.15, -0.1) is 0 Å². The standard InChI is InChI=1S/C8H14N2O/c1-10-8(11)6-2-4-7(9)5-3-6/h6,9H,2-5H2,1H3,(H,10,11). The van der Waals surface area contributed by atoms with Crippen molar-refractivity contribution in [3.8, 4) is 0 Å². The van der Waals surface area contributed by atoms with Crippen LogP contribution >= 0.6 is 0 Å². The molecular formula is C8H14N2O. The molecule has 3 nitrogen and oxygen atoms in total. The molecule has 0 spiro atoms. The summed E-state index contributed by atoms with van der Waals surface area (Å²) in [5.74, 6) is 0.298. The highest BCUT2D eigenvalue weighted by Crippen LogP contribution is 2.21. The summed E-state index contributed by atoms with van der Waals surface area (Å²) in [5.41, 5.74) is 0.796. The van der Waals surface area contributed by atoms with E-state index in [0.717, 1.165) is 31.4 Å². The third-order valence-electron chi connectivity index (χ3n) is 2.21. The molecule has 1 saturated carbocycles. The van der Waals surface area contributed by atoms with E-state index >= 15 is 0 Å².